The third-order valence-electron chi connectivity index (χ3n) is 3.13. The third-order valence-corrected chi connectivity index (χ3v) is 3.13. The summed E-state index contributed by atoms with van der Waals surface area (Å²) in [5, 5.41) is 6.45. The number of guanidine groups is 1. The maximum absolute atomic E-state index is 4.38. The monoisotopic (exact) mass is 395 g/mol. The van der Waals surface area contributed by atoms with E-state index in [1.165, 1.54) is 0 Å². The maximum atomic E-state index is 4.38. The Kier molecular flexibility index (Phi) is 5.49. The number of halogens is 1. The Morgan fingerprint density at radius 2 is 1.86 bits per heavy atom. The van der Waals surface area contributed by atoms with Gasteiger partial charge in [-0.3, -0.25) is 4.99 Å². The van der Waals surface area contributed by atoms with Crippen LogP contribution in [0.15, 0.2) is 47.7 Å². The molecule has 0 amide bonds. The van der Waals surface area contributed by atoms with Crippen molar-refractivity contribution >= 4 is 29.9 Å². The average Bonchev–Trinajstić information content (AvgIpc) is 2.92. The second-order valence-corrected chi connectivity index (χ2v) is 4.84. The van der Waals surface area contributed by atoms with Gasteiger partial charge in [0.2, 0.25) is 0 Å². The highest BCUT2D eigenvalue weighted by molar-refractivity contribution is 14.0. The van der Waals surface area contributed by atoms with Crippen LogP contribution >= 0.6 is 24.0 Å². The molecule has 110 valence electrons. The molecule has 1 atom stereocenters. The van der Waals surface area contributed by atoms with Gasteiger partial charge in [-0.1, -0.05) is 30.3 Å². The standard InChI is InChI=1S/C15H17N5.HI/c1-11-7-18-15(20-11)19-10-14-16-8-13(9-17-14)12-5-3-2-4-6-12;/h2-6,8-9,11H,7,10H2,1H3,(H2,18,19,20);1H. The van der Waals surface area contributed by atoms with Gasteiger partial charge >= 0.3 is 0 Å². The molecule has 0 bridgehead atoms. The van der Waals surface area contributed by atoms with Crippen LogP contribution in [0.25, 0.3) is 11.1 Å². The highest BCUT2D eigenvalue weighted by atomic mass is 127. The lowest BCUT2D eigenvalue weighted by Gasteiger charge is -2.08. The molecule has 1 aromatic heterocycles. The summed E-state index contributed by atoms with van der Waals surface area (Å²) >= 11 is 0. The van der Waals surface area contributed by atoms with Crippen LogP contribution in [-0.2, 0) is 6.54 Å². The molecule has 1 aromatic carbocycles. The summed E-state index contributed by atoms with van der Waals surface area (Å²) in [6.45, 7) is 3.49. The van der Waals surface area contributed by atoms with Gasteiger partial charge in [-0.05, 0) is 12.5 Å². The van der Waals surface area contributed by atoms with Crippen LogP contribution in [0.5, 0.6) is 0 Å². The Morgan fingerprint density at radius 1 is 1.14 bits per heavy atom. The van der Waals surface area contributed by atoms with Crippen LogP contribution in [0, 0.1) is 0 Å². The largest absolute Gasteiger partial charge is 0.352 e. The zero-order valence-corrected chi connectivity index (χ0v) is 14.1. The van der Waals surface area contributed by atoms with Crippen molar-refractivity contribution in [1.82, 2.24) is 20.6 Å². The molecule has 1 aliphatic rings. The van der Waals surface area contributed by atoms with Crippen LogP contribution in [-0.4, -0.2) is 28.5 Å². The van der Waals surface area contributed by atoms with Crippen LogP contribution in [0.4, 0.5) is 0 Å². The van der Waals surface area contributed by atoms with E-state index in [-0.39, 0.29) is 24.0 Å². The molecule has 1 aliphatic heterocycles. The SMILES string of the molecule is CC1CN=C(NCc2ncc(-c3ccccc3)cn2)N1.I. The molecule has 2 aromatic rings. The Morgan fingerprint density at radius 3 is 2.48 bits per heavy atom. The van der Waals surface area contributed by atoms with E-state index in [0.29, 0.717) is 12.6 Å². The van der Waals surface area contributed by atoms with Gasteiger partial charge in [-0.2, -0.15) is 0 Å². The Balaban J connectivity index is 0.00000161. The molecule has 5 nitrogen and oxygen atoms in total. The van der Waals surface area contributed by atoms with E-state index in [1.54, 1.807) is 0 Å². The fourth-order valence-electron chi connectivity index (χ4n) is 2.05. The molecular formula is C15H18IN5. The van der Waals surface area contributed by atoms with Crippen LogP contribution in [0.2, 0.25) is 0 Å². The Bertz CT molecular complexity index is 597. The topological polar surface area (TPSA) is 62.2 Å². The number of aliphatic imine (C=N–C) groups is 1. The summed E-state index contributed by atoms with van der Waals surface area (Å²) in [7, 11) is 0. The van der Waals surface area contributed by atoms with Crippen molar-refractivity contribution in [1.29, 1.82) is 0 Å². The predicted octanol–water partition coefficient (Wildman–Crippen LogP) is 2.20. The normalized spacial score (nSPS) is 16.6. The molecule has 6 heteroatoms. The highest BCUT2D eigenvalue weighted by Gasteiger charge is 2.11. The van der Waals surface area contributed by atoms with Gasteiger partial charge in [0, 0.05) is 24.0 Å². The van der Waals surface area contributed by atoms with Gasteiger partial charge in [-0.15, -0.1) is 24.0 Å². The van der Waals surface area contributed by atoms with Crippen LogP contribution in [0.3, 0.4) is 0 Å². The van der Waals surface area contributed by atoms with Crippen molar-refractivity contribution in [2.45, 2.75) is 19.5 Å². The number of hydrogen-bond donors (Lipinski definition) is 2. The molecule has 21 heavy (non-hydrogen) atoms. The molecule has 2 N–H and O–H groups in total. The average molecular weight is 395 g/mol. The van der Waals surface area contributed by atoms with Gasteiger partial charge in [0.25, 0.3) is 0 Å². The summed E-state index contributed by atoms with van der Waals surface area (Å²) in [5.41, 5.74) is 2.15. The predicted molar refractivity (Wildman–Crippen MR) is 94.6 cm³/mol. The number of nitrogens with zero attached hydrogens (tertiary/aromatic N) is 3. The molecule has 2 heterocycles. The van der Waals surface area contributed by atoms with E-state index in [1.807, 2.05) is 30.6 Å². The van der Waals surface area contributed by atoms with Gasteiger partial charge in [0.1, 0.15) is 5.82 Å². The number of nitrogens with one attached hydrogen (secondary N) is 2. The first-order chi connectivity index (χ1) is 9.81. The van der Waals surface area contributed by atoms with Gasteiger partial charge in [0.15, 0.2) is 5.96 Å². The van der Waals surface area contributed by atoms with Crippen LogP contribution < -0.4 is 10.6 Å². The molecule has 0 saturated carbocycles. The van der Waals surface area contributed by atoms with E-state index in [2.05, 4.69) is 44.7 Å². The van der Waals surface area contributed by atoms with Gasteiger partial charge in [-0.25, -0.2) is 9.97 Å². The fourth-order valence-corrected chi connectivity index (χ4v) is 2.05. The summed E-state index contributed by atoms with van der Waals surface area (Å²) in [6.07, 6.45) is 3.71. The zero-order valence-electron chi connectivity index (χ0n) is 11.8. The molecule has 0 aliphatic carbocycles. The van der Waals surface area contributed by atoms with E-state index in [9.17, 15) is 0 Å². The van der Waals surface area contributed by atoms with Crippen LogP contribution in [0.1, 0.15) is 12.7 Å². The minimum Gasteiger partial charge on any atom is -0.352 e. The van der Waals surface area contributed by atoms with Crippen molar-refractivity contribution in [3.8, 4) is 11.1 Å². The summed E-state index contributed by atoms with van der Waals surface area (Å²) in [6, 6.07) is 10.5. The zero-order chi connectivity index (χ0) is 13.8. The Hall–Kier alpha value is -1.70. The fraction of sp³-hybridized carbons (Fsp3) is 0.267. The first-order valence-corrected chi connectivity index (χ1v) is 6.72. The molecule has 0 spiro atoms. The van der Waals surface area contributed by atoms with Crippen molar-refractivity contribution in [3.05, 3.63) is 48.5 Å². The molecule has 0 saturated heterocycles. The summed E-state index contributed by atoms with van der Waals surface area (Å²) in [5.74, 6) is 1.59. The van der Waals surface area contributed by atoms with E-state index < -0.39 is 0 Å². The molecule has 1 unspecified atom stereocenters. The van der Waals surface area contributed by atoms with Gasteiger partial charge in [0.05, 0.1) is 13.1 Å². The number of hydrogen-bond acceptors (Lipinski definition) is 5. The molecular weight excluding hydrogens is 377 g/mol. The second-order valence-electron chi connectivity index (χ2n) is 4.84. The number of aromatic nitrogens is 2. The highest BCUT2D eigenvalue weighted by Crippen LogP contribution is 2.16. The maximum Gasteiger partial charge on any atom is 0.191 e. The minimum absolute atomic E-state index is 0. The van der Waals surface area contributed by atoms with Crippen molar-refractivity contribution in [3.63, 3.8) is 0 Å². The molecule has 3 rings (SSSR count). The van der Waals surface area contributed by atoms with E-state index in [0.717, 1.165) is 29.5 Å². The molecule has 0 radical (unpaired) electrons. The summed E-state index contributed by atoms with van der Waals surface area (Å²) in [4.78, 5) is 13.1. The second kappa shape index (κ2) is 7.35. The third kappa shape index (κ3) is 4.13. The first-order valence-electron chi connectivity index (χ1n) is 6.72. The Labute approximate surface area is 141 Å². The number of rotatable bonds is 3. The van der Waals surface area contributed by atoms with Gasteiger partial charge < -0.3 is 10.6 Å². The number of benzene rings is 1. The minimum atomic E-state index is 0. The first kappa shape index (κ1) is 15.7. The molecule has 0 fully saturated rings. The van der Waals surface area contributed by atoms with E-state index in [4.69, 9.17) is 0 Å². The lowest BCUT2D eigenvalue weighted by atomic mass is 10.1. The van der Waals surface area contributed by atoms with Crippen molar-refractivity contribution < 1.29 is 0 Å². The smallest absolute Gasteiger partial charge is 0.191 e. The van der Waals surface area contributed by atoms with E-state index >= 15 is 0 Å². The van der Waals surface area contributed by atoms with Crippen molar-refractivity contribution in [2.75, 3.05) is 6.54 Å². The lowest BCUT2D eigenvalue weighted by molar-refractivity contribution is 0.709. The lowest BCUT2D eigenvalue weighted by Crippen LogP contribution is -2.37. The van der Waals surface area contributed by atoms with Crippen molar-refractivity contribution in [2.24, 2.45) is 4.99 Å². The summed E-state index contributed by atoms with van der Waals surface area (Å²) < 4.78 is 0. The quantitative estimate of drug-likeness (QED) is 0.783.